The molecule has 0 aromatic carbocycles. The molecular formula is C42H74N14O14. The van der Waals surface area contributed by atoms with E-state index in [9.17, 15) is 67.4 Å². The molecule has 0 unspecified atom stereocenters. The summed E-state index contributed by atoms with van der Waals surface area (Å²) in [6.07, 6.45) is 0.224. The van der Waals surface area contributed by atoms with E-state index in [-0.39, 0.29) is 44.7 Å². The number of carboxylic acids is 1. The standard InChI is InChI=1S/C42H74N14O14/c1-20(2)15-28(55-37(64)23(6)49-30(58)16-44)39(66)48-17-31(59)46-18-32(60)50-24(7)36(63)53-26(11-9-10-14-43)41(68)54-27(12-13-29(45)57)40(67)52-22(5)35(62)47-19-33(61)51-25(8)38(65)56-34(21(3)4)42(69)70/h20-28,34H,9-19,43-44H2,1-8H3,(H2,45,57)(H,46,59)(H,47,62)(H,48,66)(H,49,58)(H,50,60)(H,51,61)(H,52,67)(H,53,63)(H,54,68)(H,55,64)(H,56,65)(H,69,70)/t22-,23-,24-,25-,26-,27-,28-,34-/m0/s1. The third kappa shape index (κ3) is 26.0. The average molecular weight is 999 g/mol. The summed E-state index contributed by atoms with van der Waals surface area (Å²) in [5, 5.41) is 35.4. The number of nitrogens with two attached hydrogens (primary N) is 3. The van der Waals surface area contributed by atoms with Crippen LogP contribution in [0.4, 0.5) is 0 Å². The molecule has 0 aliphatic heterocycles. The molecule has 396 valence electrons. The first kappa shape index (κ1) is 63.0. The molecule has 12 amide bonds. The van der Waals surface area contributed by atoms with Crippen LogP contribution in [0, 0.1) is 11.8 Å². The first-order valence-electron chi connectivity index (χ1n) is 22.8. The van der Waals surface area contributed by atoms with Crippen LogP contribution in [-0.2, 0) is 62.3 Å². The van der Waals surface area contributed by atoms with E-state index in [2.05, 4.69) is 58.5 Å². The Bertz CT molecular complexity index is 1870. The molecule has 0 radical (unpaired) electrons. The Hall–Kier alpha value is -6.97. The molecule has 28 heteroatoms. The number of rotatable bonds is 33. The lowest BCUT2D eigenvalue weighted by molar-refractivity contribution is -0.143. The van der Waals surface area contributed by atoms with Crippen LogP contribution in [-0.4, -0.2) is 163 Å². The topological polar surface area (TPSA) is 453 Å². The Balaban J connectivity index is 5.52. The summed E-state index contributed by atoms with van der Waals surface area (Å²) in [7, 11) is 0. The maximum absolute atomic E-state index is 13.6. The fourth-order valence-corrected chi connectivity index (χ4v) is 5.99. The number of hydrogen-bond donors (Lipinski definition) is 15. The van der Waals surface area contributed by atoms with Crippen molar-refractivity contribution in [1.82, 2.24) is 58.5 Å². The van der Waals surface area contributed by atoms with Gasteiger partial charge in [0.25, 0.3) is 0 Å². The van der Waals surface area contributed by atoms with Crippen LogP contribution in [0.1, 0.15) is 93.9 Å². The quantitative estimate of drug-likeness (QED) is 0.0272. The molecule has 70 heavy (non-hydrogen) atoms. The monoisotopic (exact) mass is 999 g/mol. The van der Waals surface area contributed by atoms with Crippen LogP contribution < -0.4 is 75.7 Å². The molecule has 0 rings (SSSR count). The second-order valence-corrected chi connectivity index (χ2v) is 17.2. The van der Waals surface area contributed by atoms with Gasteiger partial charge in [0.1, 0.15) is 48.3 Å². The first-order chi connectivity index (χ1) is 32.6. The van der Waals surface area contributed by atoms with Crippen LogP contribution in [0.5, 0.6) is 0 Å². The number of nitrogens with one attached hydrogen (secondary N) is 11. The van der Waals surface area contributed by atoms with Crippen molar-refractivity contribution in [3.63, 3.8) is 0 Å². The highest BCUT2D eigenvalue weighted by molar-refractivity contribution is 5.98. The van der Waals surface area contributed by atoms with Gasteiger partial charge in [-0.2, -0.15) is 0 Å². The molecule has 0 aromatic rings. The number of aliphatic carboxylic acids is 1. The van der Waals surface area contributed by atoms with E-state index in [0.29, 0.717) is 12.8 Å². The minimum atomic E-state index is -1.47. The molecule has 0 aliphatic carbocycles. The molecule has 0 bridgehead atoms. The van der Waals surface area contributed by atoms with Gasteiger partial charge in [0.05, 0.1) is 26.2 Å². The summed E-state index contributed by atoms with van der Waals surface area (Å²) >= 11 is 0. The van der Waals surface area contributed by atoms with Crippen molar-refractivity contribution >= 4 is 76.9 Å². The number of carbonyl (C=O) groups is 13. The molecule has 0 saturated heterocycles. The maximum Gasteiger partial charge on any atom is 0.326 e. The summed E-state index contributed by atoms with van der Waals surface area (Å²) in [6.45, 7) is 10.0. The zero-order valence-electron chi connectivity index (χ0n) is 41.0. The van der Waals surface area contributed by atoms with Crippen molar-refractivity contribution in [2.45, 2.75) is 142 Å². The Kier molecular flexibility index (Phi) is 29.5. The van der Waals surface area contributed by atoms with Gasteiger partial charge in [0.2, 0.25) is 70.9 Å². The molecule has 0 aromatic heterocycles. The summed E-state index contributed by atoms with van der Waals surface area (Å²) < 4.78 is 0. The van der Waals surface area contributed by atoms with Gasteiger partial charge in [-0.15, -0.1) is 0 Å². The van der Waals surface area contributed by atoms with E-state index in [1.165, 1.54) is 27.7 Å². The molecule has 0 spiro atoms. The summed E-state index contributed by atoms with van der Waals surface area (Å²) in [6, 6.07) is -9.84. The fraction of sp³-hybridized carbons (Fsp3) is 0.690. The maximum atomic E-state index is 13.6. The normalized spacial score (nSPS) is 14.3. The Morgan fingerprint density at radius 1 is 0.443 bits per heavy atom. The predicted octanol–water partition coefficient (Wildman–Crippen LogP) is -6.57. The molecule has 28 nitrogen and oxygen atoms in total. The van der Waals surface area contributed by atoms with Crippen LogP contribution >= 0.6 is 0 Å². The van der Waals surface area contributed by atoms with Gasteiger partial charge in [-0.05, 0) is 78.2 Å². The molecule has 0 heterocycles. The van der Waals surface area contributed by atoms with E-state index in [4.69, 9.17) is 17.2 Å². The SMILES string of the molecule is CC(C)C[C@H](NC(=O)[C@H](C)NC(=O)CN)C(=O)NCC(=O)NCC(=O)N[C@@H](C)C(=O)N[C@@H](CCCCN)C(=O)N[C@@H](CCC(N)=O)C(=O)N[C@@H](C)C(=O)NCC(=O)N[C@@H](C)C(=O)N[C@H](C(=O)O)C(C)C. The second kappa shape index (κ2) is 32.7. The van der Waals surface area contributed by atoms with Gasteiger partial charge in [-0.25, -0.2) is 4.79 Å². The minimum Gasteiger partial charge on any atom is -0.480 e. The number of carbonyl (C=O) groups excluding carboxylic acids is 12. The van der Waals surface area contributed by atoms with Gasteiger partial charge in [-0.1, -0.05) is 27.7 Å². The van der Waals surface area contributed by atoms with Gasteiger partial charge in [-0.3, -0.25) is 57.5 Å². The van der Waals surface area contributed by atoms with E-state index < -0.39 is 151 Å². The summed E-state index contributed by atoms with van der Waals surface area (Å²) in [5.41, 5.74) is 16.2. The molecule has 0 fully saturated rings. The van der Waals surface area contributed by atoms with E-state index in [1.54, 1.807) is 27.7 Å². The predicted molar refractivity (Wildman–Crippen MR) is 249 cm³/mol. The van der Waals surface area contributed by atoms with Crippen LogP contribution in [0.3, 0.4) is 0 Å². The Morgan fingerprint density at radius 3 is 1.36 bits per heavy atom. The molecular weight excluding hydrogens is 925 g/mol. The van der Waals surface area contributed by atoms with E-state index in [0.717, 1.165) is 0 Å². The minimum absolute atomic E-state index is 0.00593. The largest absolute Gasteiger partial charge is 0.480 e. The number of amides is 12. The van der Waals surface area contributed by atoms with Crippen LogP contribution in [0.2, 0.25) is 0 Å². The van der Waals surface area contributed by atoms with Crippen molar-refractivity contribution in [2.75, 3.05) is 32.7 Å². The van der Waals surface area contributed by atoms with Crippen molar-refractivity contribution in [2.24, 2.45) is 29.0 Å². The van der Waals surface area contributed by atoms with Crippen LogP contribution in [0.25, 0.3) is 0 Å². The molecule has 0 aliphatic rings. The lowest BCUT2D eigenvalue weighted by atomic mass is 10.0. The summed E-state index contributed by atoms with van der Waals surface area (Å²) in [5.74, 6) is -11.3. The van der Waals surface area contributed by atoms with Crippen molar-refractivity contribution in [3.8, 4) is 0 Å². The highest BCUT2D eigenvalue weighted by atomic mass is 16.4. The lowest BCUT2D eigenvalue weighted by Gasteiger charge is -2.25. The number of primary amides is 1. The van der Waals surface area contributed by atoms with Crippen molar-refractivity contribution in [3.05, 3.63) is 0 Å². The molecule has 8 atom stereocenters. The first-order valence-corrected chi connectivity index (χ1v) is 22.8. The van der Waals surface area contributed by atoms with Gasteiger partial charge < -0.3 is 80.8 Å². The number of unbranched alkanes of at least 4 members (excludes halogenated alkanes) is 1. The highest BCUT2D eigenvalue weighted by Gasteiger charge is 2.31. The zero-order chi connectivity index (χ0) is 53.8. The number of hydrogen-bond acceptors (Lipinski definition) is 15. The molecule has 18 N–H and O–H groups in total. The smallest absolute Gasteiger partial charge is 0.326 e. The van der Waals surface area contributed by atoms with Gasteiger partial charge >= 0.3 is 5.97 Å². The van der Waals surface area contributed by atoms with Gasteiger partial charge in [0, 0.05) is 6.42 Å². The van der Waals surface area contributed by atoms with E-state index in [1.807, 2.05) is 0 Å². The van der Waals surface area contributed by atoms with E-state index >= 15 is 0 Å². The summed E-state index contributed by atoms with van der Waals surface area (Å²) in [4.78, 5) is 163. The third-order valence-corrected chi connectivity index (χ3v) is 10.0. The van der Waals surface area contributed by atoms with Crippen LogP contribution in [0.15, 0.2) is 0 Å². The third-order valence-electron chi connectivity index (χ3n) is 10.0. The van der Waals surface area contributed by atoms with Crippen molar-refractivity contribution < 1.29 is 67.4 Å². The van der Waals surface area contributed by atoms with Gasteiger partial charge in [0.15, 0.2) is 0 Å². The lowest BCUT2D eigenvalue weighted by Crippen LogP contribution is -2.58. The van der Waals surface area contributed by atoms with Crippen molar-refractivity contribution in [1.29, 1.82) is 0 Å². The Labute approximate surface area is 406 Å². The number of carboxylic acid groups (broad SMARTS) is 1. The zero-order valence-corrected chi connectivity index (χ0v) is 41.0. The molecule has 0 saturated carbocycles. The Morgan fingerprint density at radius 2 is 0.871 bits per heavy atom. The second-order valence-electron chi connectivity index (χ2n) is 17.2. The highest BCUT2D eigenvalue weighted by Crippen LogP contribution is 2.07. The fourth-order valence-electron chi connectivity index (χ4n) is 5.99. The average Bonchev–Trinajstić information content (AvgIpc) is 3.28.